The number of fused-ring (bicyclic) bond motifs is 4. The van der Waals surface area contributed by atoms with Crippen molar-refractivity contribution < 1.29 is 38.9 Å². The highest BCUT2D eigenvalue weighted by Crippen LogP contribution is 2.54. The number of ketones is 2. The summed E-state index contributed by atoms with van der Waals surface area (Å²) >= 11 is 0. The SMILES string of the molecule is CC1=CC(=O)C2=C(C[C@@H]3C(=CC[C@@H]4C(=O)N(CCC(=O)O)C(=O)[C@@H]43)[C@@H]2C2=COc3ccc(O)cc3C2)C1=O. The van der Waals surface area contributed by atoms with E-state index in [4.69, 9.17) is 9.84 Å². The van der Waals surface area contributed by atoms with Gasteiger partial charge in [-0.1, -0.05) is 11.6 Å². The van der Waals surface area contributed by atoms with Crippen LogP contribution in [0.2, 0.25) is 0 Å². The fourth-order valence-corrected chi connectivity index (χ4v) is 6.68. The molecule has 0 radical (unpaired) electrons. The van der Waals surface area contributed by atoms with Gasteiger partial charge in [-0.2, -0.15) is 0 Å². The summed E-state index contributed by atoms with van der Waals surface area (Å²) < 4.78 is 5.86. The van der Waals surface area contributed by atoms with Crippen LogP contribution in [0.4, 0.5) is 0 Å². The lowest BCUT2D eigenvalue weighted by molar-refractivity contribution is -0.142. The average molecular weight is 516 g/mol. The summed E-state index contributed by atoms with van der Waals surface area (Å²) in [5.74, 6) is -4.23. The zero-order valence-corrected chi connectivity index (χ0v) is 20.6. The number of carboxylic acids is 1. The number of phenols is 1. The molecule has 6 rings (SSSR count). The first-order valence-electron chi connectivity index (χ1n) is 12.6. The summed E-state index contributed by atoms with van der Waals surface area (Å²) in [6, 6.07) is 4.78. The molecule has 0 unspecified atom stereocenters. The Kier molecular flexibility index (Phi) is 5.48. The van der Waals surface area contributed by atoms with Gasteiger partial charge < -0.3 is 14.9 Å². The predicted octanol–water partition coefficient (Wildman–Crippen LogP) is 2.65. The fraction of sp³-hybridized carbons (Fsp3) is 0.345. The van der Waals surface area contributed by atoms with E-state index in [0.717, 1.165) is 21.6 Å². The molecule has 1 saturated heterocycles. The van der Waals surface area contributed by atoms with Gasteiger partial charge in [0.1, 0.15) is 11.5 Å². The van der Waals surface area contributed by atoms with Gasteiger partial charge in [-0.25, -0.2) is 0 Å². The zero-order valence-electron chi connectivity index (χ0n) is 20.6. The van der Waals surface area contributed by atoms with Crippen LogP contribution in [-0.2, 0) is 30.4 Å². The molecule has 2 heterocycles. The van der Waals surface area contributed by atoms with Crippen molar-refractivity contribution in [1.29, 1.82) is 0 Å². The Balaban J connectivity index is 1.44. The Hall–Kier alpha value is -4.27. The molecule has 4 atom stereocenters. The number of amides is 2. The molecule has 0 aromatic heterocycles. The summed E-state index contributed by atoms with van der Waals surface area (Å²) in [7, 11) is 0. The van der Waals surface area contributed by atoms with Gasteiger partial charge in [0.15, 0.2) is 11.6 Å². The molecular weight excluding hydrogens is 490 g/mol. The Labute approximate surface area is 217 Å². The zero-order chi connectivity index (χ0) is 26.9. The van der Waals surface area contributed by atoms with E-state index in [0.29, 0.717) is 28.9 Å². The number of hydrogen-bond acceptors (Lipinski definition) is 7. The summed E-state index contributed by atoms with van der Waals surface area (Å²) in [4.78, 5) is 65.5. The number of carbonyl (C=O) groups excluding carboxylic acids is 4. The van der Waals surface area contributed by atoms with Crippen LogP contribution < -0.4 is 4.74 Å². The van der Waals surface area contributed by atoms with E-state index in [2.05, 4.69) is 0 Å². The lowest BCUT2D eigenvalue weighted by Crippen LogP contribution is -2.41. The number of hydrogen-bond donors (Lipinski definition) is 2. The van der Waals surface area contributed by atoms with Crippen LogP contribution in [0.1, 0.15) is 31.7 Å². The molecule has 2 N–H and O–H groups in total. The van der Waals surface area contributed by atoms with Crippen LogP contribution in [0.3, 0.4) is 0 Å². The van der Waals surface area contributed by atoms with Gasteiger partial charge in [-0.05, 0) is 55.5 Å². The topological polar surface area (TPSA) is 138 Å². The largest absolute Gasteiger partial charge is 0.508 e. The van der Waals surface area contributed by atoms with E-state index in [1.807, 2.05) is 6.08 Å². The number of imide groups is 1. The van der Waals surface area contributed by atoms with Gasteiger partial charge in [0, 0.05) is 41.2 Å². The first-order chi connectivity index (χ1) is 18.2. The minimum Gasteiger partial charge on any atom is -0.508 e. The van der Waals surface area contributed by atoms with Crippen molar-refractivity contribution in [1.82, 2.24) is 4.90 Å². The van der Waals surface area contributed by atoms with E-state index in [-0.39, 0.29) is 49.0 Å². The Morgan fingerprint density at radius 2 is 1.92 bits per heavy atom. The van der Waals surface area contributed by atoms with E-state index in [1.165, 1.54) is 12.1 Å². The van der Waals surface area contributed by atoms with Crippen molar-refractivity contribution in [2.75, 3.05) is 6.54 Å². The van der Waals surface area contributed by atoms with Crippen LogP contribution in [-0.4, -0.2) is 51.0 Å². The molecule has 3 aliphatic carbocycles. The van der Waals surface area contributed by atoms with Crippen LogP contribution in [0.25, 0.3) is 0 Å². The number of likely N-dealkylation sites (tertiary alicyclic amines) is 1. The van der Waals surface area contributed by atoms with E-state index in [9.17, 15) is 29.1 Å². The highest BCUT2D eigenvalue weighted by atomic mass is 16.5. The maximum Gasteiger partial charge on any atom is 0.305 e. The average Bonchev–Trinajstić information content (AvgIpc) is 3.13. The number of aliphatic carboxylic acids is 1. The second-order valence-electron chi connectivity index (χ2n) is 10.5. The number of ether oxygens (including phenoxy) is 1. The van der Waals surface area contributed by atoms with E-state index < -0.39 is 35.5 Å². The lowest BCUT2D eigenvalue weighted by atomic mass is 9.58. The highest BCUT2D eigenvalue weighted by molar-refractivity contribution is 6.23. The second kappa shape index (κ2) is 8.65. The molecule has 0 bridgehead atoms. The smallest absolute Gasteiger partial charge is 0.305 e. The molecule has 194 valence electrons. The number of Topliss-reactive ketones (excluding diaryl/α,β-unsaturated/α-hetero) is 1. The lowest BCUT2D eigenvalue weighted by Gasteiger charge is -2.43. The molecule has 2 aliphatic heterocycles. The number of rotatable bonds is 4. The van der Waals surface area contributed by atoms with Gasteiger partial charge in [0.25, 0.3) is 0 Å². The Bertz CT molecular complexity index is 1470. The molecule has 0 spiro atoms. The minimum absolute atomic E-state index is 0.0775. The van der Waals surface area contributed by atoms with Gasteiger partial charge in [0.2, 0.25) is 11.8 Å². The monoisotopic (exact) mass is 515 g/mol. The summed E-state index contributed by atoms with van der Waals surface area (Å²) in [5, 5.41) is 19.1. The summed E-state index contributed by atoms with van der Waals surface area (Å²) in [6.07, 6.45) is 5.31. The fourth-order valence-electron chi connectivity index (χ4n) is 6.68. The van der Waals surface area contributed by atoms with Crippen molar-refractivity contribution in [2.24, 2.45) is 23.7 Å². The number of benzene rings is 1. The normalized spacial score (nSPS) is 28.0. The number of aromatic hydroxyl groups is 1. The minimum atomic E-state index is -1.10. The third kappa shape index (κ3) is 3.56. The van der Waals surface area contributed by atoms with E-state index in [1.54, 1.807) is 25.3 Å². The molecule has 5 aliphatic rings. The maximum absolute atomic E-state index is 13.5. The Morgan fingerprint density at radius 3 is 2.68 bits per heavy atom. The first-order valence-corrected chi connectivity index (χ1v) is 12.6. The molecular formula is C29H25NO8. The van der Waals surface area contributed by atoms with Crippen LogP contribution in [0, 0.1) is 23.7 Å². The molecule has 1 aromatic rings. The first kappa shape index (κ1) is 24.1. The molecule has 9 nitrogen and oxygen atoms in total. The number of allylic oxidation sites excluding steroid dienone is 7. The quantitative estimate of drug-likeness (QED) is 0.355. The summed E-state index contributed by atoms with van der Waals surface area (Å²) in [6.45, 7) is 1.39. The molecule has 38 heavy (non-hydrogen) atoms. The van der Waals surface area contributed by atoms with Crippen molar-refractivity contribution in [3.8, 4) is 11.5 Å². The number of carbonyl (C=O) groups is 5. The van der Waals surface area contributed by atoms with Gasteiger partial charge >= 0.3 is 5.97 Å². The van der Waals surface area contributed by atoms with E-state index >= 15 is 0 Å². The van der Waals surface area contributed by atoms with Gasteiger partial charge in [0.05, 0.1) is 24.5 Å². The Morgan fingerprint density at radius 1 is 1.13 bits per heavy atom. The third-order valence-electron chi connectivity index (χ3n) is 8.35. The molecule has 9 heteroatoms. The van der Waals surface area contributed by atoms with Crippen LogP contribution in [0.15, 0.2) is 64.5 Å². The van der Waals surface area contributed by atoms with Crippen LogP contribution in [0.5, 0.6) is 11.5 Å². The summed E-state index contributed by atoms with van der Waals surface area (Å²) in [5.41, 5.74) is 3.31. The van der Waals surface area contributed by atoms with Gasteiger partial charge in [-0.3, -0.25) is 28.9 Å². The molecule has 2 amide bonds. The highest BCUT2D eigenvalue weighted by Gasteiger charge is 2.56. The maximum atomic E-state index is 13.5. The number of nitrogens with zero attached hydrogens (tertiary/aromatic N) is 1. The molecule has 1 fully saturated rings. The predicted molar refractivity (Wildman–Crippen MR) is 132 cm³/mol. The van der Waals surface area contributed by atoms with Crippen molar-refractivity contribution >= 4 is 29.4 Å². The van der Waals surface area contributed by atoms with Crippen LogP contribution >= 0.6 is 0 Å². The van der Waals surface area contributed by atoms with Gasteiger partial charge in [-0.15, -0.1) is 0 Å². The van der Waals surface area contributed by atoms with Crippen molar-refractivity contribution in [2.45, 2.75) is 32.6 Å². The number of phenolic OH excluding ortho intramolecular Hbond substituents is 1. The molecule has 0 saturated carbocycles. The van der Waals surface area contributed by atoms with Crippen molar-refractivity contribution in [3.63, 3.8) is 0 Å². The third-order valence-corrected chi connectivity index (χ3v) is 8.35. The molecule has 1 aromatic carbocycles. The van der Waals surface area contributed by atoms with Crippen molar-refractivity contribution in [3.05, 3.63) is 70.0 Å². The number of carboxylic acid groups (broad SMARTS) is 1. The standard InChI is InChI=1S/C29H25NO8/c1-13-8-21(32)26-20(27(13)35)11-19-17(24(26)15-9-14-10-16(31)2-5-22(14)38-12-15)3-4-18-25(19)29(37)30(28(18)36)7-6-23(33)34/h2-3,5,8,10,12,18-19,24-25,31H,4,6-7,9,11H2,1H3,(H,33,34)/t18-,19+,24-,25-/m0/s1. The second-order valence-corrected chi connectivity index (χ2v) is 10.5.